The summed E-state index contributed by atoms with van der Waals surface area (Å²) in [7, 11) is 0. The maximum atomic E-state index is 11.8. The molecule has 1 aliphatic carbocycles. The van der Waals surface area contributed by atoms with E-state index < -0.39 is 22.3 Å². The molecule has 0 unspecified atom stereocenters. The van der Waals surface area contributed by atoms with Crippen molar-refractivity contribution in [3.63, 3.8) is 0 Å². The van der Waals surface area contributed by atoms with Crippen LogP contribution in [0.25, 0.3) is 0 Å². The zero-order valence-corrected chi connectivity index (χ0v) is 11.3. The smallest absolute Gasteiger partial charge is 0.395 e. The Morgan fingerprint density at radius 1 is 1.55 bits per heavy atom. The van der Waals surface area contributed by atoms with Gasteiger partial charge in [0.25, 0.3) is 5.91 Å². The highest BCUT2D eigenvalue weighted by molar-refractivity contribution is 5.91. The van der Waals surface area contributed by atoms with Gasteiger partial charge in [-0.2, -0.15) is 0 Å². The minimum atomic E-state index is -0.888. The highest BCUT2D eigenvalue weighted by Crippen LogP contribution is 2.31. The minimum Gasteiger partial charge on any atom is -0.395 e. The summed E-state index contributed by atoms with van der Waals surface area (Å²) < 4.78 is 4.80. The first-order valence-electron chi connectivity index (χ1n) is 6.64. The molecule has 2 N–H and O–H groups in total. The SMILES string of the molecule is CC1CCC(O)(CNC(=O)c2ccc([N+](=O)[O-])o2)CC1. The summed E-state index contributed by atoms with van der Waals surface area (Å²) in [5.74, 6) is -0.548. The Morgan fingerprint density at radius 3 is 2.75 bits per heavy atom. The predicted octanol–water partition coefficient (Wildman–Crippen LogP) is 1.86. The van der Waals surface area contributed by atoms with Gasteiger partial charge in [-0.1, -0.05) is 6.92 Å². The van der Waals surface area contributed by atoms with Gasteiger partial charge in [-0.15, -0.1) is 0 Å². The Morgan fingerprint density at radius 2 is 2.20 bits per heavy atom. The van der Waals surface area contributed by atoms with E-state index >= 15 is 0 Å². The summed E-state index contributed by atoms with van der Waals surface area (Å²) in [6.45, 7) is 2.27. The fourth-order valence-electron chi connectivity index (χ4n) is 2.36. The van der Waals surface area contributed by atoms with Crippen LogP contribution in [0.2, 0.25) is 0 Å². The molecule has 0 bridgehead atoms. The molecule has 0 radical (unpaired) electrons. The van der Waals surface area contributed by atoms with E-state index in [4.69, 9.17) is 4.42 Å². The number of aliphatic hydroxyl groups is 1. The van der Waals surface area contributed by atoms with Gasteiger partial charge in [-0.05, 0) is 37.7 Å². The quantitative estimate of drug-likeness (QED) is 0.647. The molecule has 0 aromatic carbocycles. The van der Waals surface area contributed by atoms with E-state index in [1.54, 1.807) is 0 Å². The Hall–Kier alpha value is -1.89. The topological polar surface area (TPSA) is 106 Å². The van der Waals surface area contributed by atoms with E-state index in [9.17, 15) is 20.0 Å². The molecule has 1 aromatic rings. The van der Waals surface area contributed by atoms with Gasteiger partial charge < -0.3 is 14.8 Å². The third-order valence-electron chi connectivity index (χ3n) is 3.78. The Balaban J connectivity index is 1.89. The van der Waals surface area contributed by atoms with Crippen LogP contribution in [-0.4, -0.2) is 28.1 Å². The normalized spacial score (nSPS) is 26.2. The Labute approximate surface area is 116 Å². The van der Waals surface area contributed by atoms with E-state index in [0.29, 0.717) is 18.8 Å². The maximum absolute atomic E-state index is 11.8. The lowest BCUT2D eigenvalue weighted by atomic mass is 9.79. The van der Waals surface area contributed by atoms with Crippen LogP contribution >= 0.6 is 0 Å². The molecule has 1 fully saturated rings. The molecule has 7 nitrogen and oxygen atoms in total. The molecular formula is C13H18N2O5. The molecule has 1 aromatic heterocycles. The first kappa shape index (κ1) is 14.5. The number of hydrogen-bond donors (Lipinski definition) is 2. The number of amides is 1. The maximum Gasteiger partial charge on any atom is 0.433 e. The van der Waals surface area contributed by atoms with Crippen molar-refractivity contribution in [2.24, 2.45) is 5.92 Å². The molecule has 1 aliphatic rings. The second-order valence-electron chi connectivity index (χ2n) is 5.48. The van der Waals surface area contributed by atoms with Crippen molar-refractivity contribution in [2.75, 3.05) is 6.54 Å². The first-order valence-corrected chi connectivity index (χ1v) is 6.64. The van der Waals surface area contributed by atoms with Crippen LogP contribution < -0.4 is 5.32 Å². The fraction of sp³-hybridized carbons (Fsp3) is 0.615. The number of nitro groups is 1. The Bertz CT molecular complexity index is 503. The van der Waals surface area contributed by atoms with Gasteiger partial charge >= 0.3 is 5.88 Å². The number of carbonyl (C=O) groups excluding carboxylic acids is 1. The molecule has 1 amide bonds. The number of hydrogen-bond acceptors (Lipinski definition) is 5. The van der Waals surface area contributed by atoms with Gasteiger partial charge in [0.05, 0.1) is 11.7 Å². The van der Waals surface area contributed by atoms with Gasteiger partial charge in [-0.25, -0.2) is 0 Å². The molecule has 20 heavy (non-hydrogen) atoms. The van der Waals surface area contributed by atoms with Crippen LogP contribution in [0.4, 0.5) is 5.88 Å². The van der Waals surface area contributed by atoms with Gasteiger partial charge in [0.15, 0.2) is 5.76 Å². The van der Waals surface area contributed by atoms with Crippen molar-refractivity contribution in [1.29, 1.82) is 0 Å². The first-order chi connectivity index (χ1) is 9.39. The average Bonchev–Trinajstić information content (AvgIpc) is 2.90. The number of rotatable bonds is 4. The number of furan rings is 1. The highest BCUT2D eigenvalue weighted by atomic mass is 16.6. The molecule has 7 heteroatoms. The minimum absolute atomic E-state index is 0.121. The van der Waals surface area contributed by atoms with Crippen LogP contribution in [0.5, 0.6) is 0 Å². The molecule has 0 atom stereocenters. The summed E-state index contributed by atoms with van der Waals surface area (Å²) in [6, 6.07) is 2.38. The number of nitrogens with zero attached hydrogens (tertiary/aromatic N) is 1. The zero-order chi connectivity index (χ0) is 14.8. The lowest BCUT2D eigenvalue weighted by Gasteiger charge is -2.34. The summed E-state index contributed by atoms with van der Waals surface area (Å²) in [6.07, 6.45) is 3.15. The van der Waals surface area contributed by atoms with Crippen molar-refractivity contribution in [2.45, 2.75) is 38.2 Å². The summed E-state index contributed by atoms with van der Waals surface area (Å²) in [4.78, 5) is 21.6. The van der Waals surface area contributed by atoms with Crippen molar-refractivity contribution in [1.82, 2.24) is 5.32 Å². The van der Waals surface area contributed by atoms with Crippen molar-refractivity contribution in [3.05, 3.63) is 28.0 Å². The largest absolute Gasteiger partial charge is 0.433 e. The van der Waals surface area contributed by atoms with Crippen LogP contribution in [0.3, 0.4) is 0 Å². The fourth-order valence-corrected chi connectivity index (χ4v) is 2.36. The van der Waals surface area contributed by atoms with Crippen LogP contribution in [0.1, 0.15) is 43.2 Å². The average molecular weight is 282 g/mol. The molecular weight excluding hydrogens is 264 g/mol. The molecule has 110 valence electrons. The van der Waals surface area contributed by atoms with Crippen molar-refractivity contribution >= 4 is 11.8 Å². The molecule has 0 spiro atoms. The highest BCUT2D eigenvalue weighted by Gasteiger charge is 2.32. The molecule has 0 saturated heterocycles. The molecule has 0 aliphatic heterocycles. The van der Waals surface area contributed by atoms with E-state index in [-0.39, 0.29) is 12.3 Å². The van der Waals surface area contributed by atoms with E-state index in [0.717, 1.165) is 18.9 Å². The second kappa shape index (κ2) is 5.62. The van der Waals surface area contributed by atoms with E-state index in [1.807, 2.05) is 0 Å². The van der Waals surface area contributed by atoms with E-state index in [2.05, 4.69) is 12.2 Å². The van der Waals surface area contributed by atoms with Crippen LogP contribution in [0, 0.1) is 16.0 Å². The van der Waals surface area contributed by atoms with E-state index in [1.165, 1.54) is 6.07 Å². The Kier molecular flexibility index (Phi) is 4.08. The third-order valence-corrected chi connectivity index (χ3v) is 3.78. The summed E-state index contributed by atoms with van der Waals surface area (Å²) in [5, 5.41) is 23.4. The van der Waals surface area contributed by atoms with Gasteiger partial charge in [0.2, 0.25) is 0 Å². The third kappa shape index (κ3) is 3.36. The van der Waals surface area contributed by atoms with Gasteiger partial charge in [0, 0.05) is 6.54 Å². The molecule has 1 saturated carbocycles. The number of nitrogens with one attached hydrogen (secondary N) is 1. The number of carbonyl (C=O) groups is 1. The predicted molar refractivity (Wildman–Crippen MR) is 70.3 cm³/mol. The summed E-state index contributed by atoms with van der Waals surface area (Å²) >= 11 is 0. The zero-order valence-electron chi connectivity index (χ0n) is 11.3. The van der Waals surface area contributed by atoms with Gasteiger partial charge in [0.1, 0.15) is 4.92 Å². The monoisotopic (exact) mass is 282 g/mol. The molecule has 1 heterocycles. The standard InChI is InChI=1S/C13H18N2O5/c1-9-4-6-13(17,7-5-9)8-14-12(16)10-2-3-11(20-10)15(18)19/h2-3,9,17H,4-8H2,1H3,(H,14,16). The van der Waals surface area contributed by atoms with Gasteiger partial charge in [-0.3, -0.25) is 14.9 Å². The second-order valence-corrected chi connectivity index (χ2v) is 5.48. The lowest BCUT2D eigenvalue weighted by Crippen LogP contribution is -2.45. The lowest BCUT2D eigenvalue weighted by molar-refractivity contribution is -0.402. The van der Waals surface area contributed by atoms with Crippen LogP contribution in [0.15, 0.2) is 16.5 Å². The molecule has 2 rings (SSSR count). The van der Waals surface area contributed by atoms with Crippen molar-refractivity contribution in [3.8, 4) is 0 Å². The van der Waals surface area contributed by atoms with Crippen molar-refractivity contribution < 1.29 is 19.2 Å². The summed E-state index contributed by atoms with van der Waals surface area (Å²) in [5.41, 5.74) is -0.888. The van der Waals surface area contributed by atoms with Crippen LogP contribution in [-0.2, 0) is 0 Å².